The summed E-state index contributed by atoms with van der Waals surface area (Å²) in [6, 6.07) is 24.5. The minimum Gasteiger partial charge on any atom is -0.455 e. The molecule has 0 bridgehead atoms. The van der Waals surface area contributed by atoms with Crippen LogP contribution in [0.25, 0.3) is 87.6 Å². The molecule has 8 aromatic carbocycles. The Kier molecular flexibility index (Phi) is 3.41. The van der Waals surface area contributed by atoms with Crippen molar-refractivity contribution in [1.29, 1.82) is 0 Å². The molecule has 1 nitrogen and oxygen atoms in total. The van der Waals surface area contributed by atoms with Crippen molar-refractivity contribution in [2.45, 2.75) is 0 Å². The molecule has 1 aromatic heterocycles. The molecule has 0 aliphatic heterocycles. The second-order valence-corrected chi connectivity index (χ2v) is 10.5. The molecule has 0 spiro atoms. The molecule has 9 rings (SSSR count). The van der Waals surface area contributed by atoms with Crippen LogP contribution >= 0.6 is 0 Å². The van der Waals surface area contributed by atoms with E-state index < -0.39 is 42.3 Å². The van der Waals surface area contributed by atoms with E-state index in [1.54, 1.807) is 12.1 Å². The lowest BCUT2D eigenvalue weighted by atomic mass is 9.85. The van der Waals surface area contributed by atoms with Crippen LogP contribution in [0.15, 0.2) is 162 Å². The van der Waals surface area contributed by atoms with Gasteiger partial charge in [0, 0.05) is 21.9 Å². The van der Waals surface area contributed by atoms with E-state index in [-0.39, 0.29) is 57.2 Å². The van der Waals surface area contributed by atoms with Gasteiger partial charge in [0.15, 0.2) is 0 Å². The molecular formula is C42H26O. The van der Waals surface area contributed by atoms with E-state index in [0.29, 0.717) is 27.1 Å². The molecular weight excluding hydrogens is 520 g/mol. The molecule has 1 heterocycles. The molecule has 0 saturated carbocycles. The third kappa shape index (κ3) is 3.72. The monoisotopic (exact) mass is 557 g/mol. The van der Waals surface area contributed by atoms with Gasteiger partial charge in [0.1, 0.15) is 11.2 Å². The maximum absolute atomic E-state index is 9.26. The summed E-state index contributed by atoms with van der Waals surface area (Å²) in [6.45, 7) is 0. The predicted molar refractivity (Wildman–Crippen MR) is 183 cm³/mol. The molecule has 0 aliphatic rings. The lowest BCUT2D eigenvalue weighted by molar-refractivity contribution is 0.670. The molecule has 0 unspecified atom stereocenters. The van der Waals surface area contributed by atoms with Crippen molar-refractivity contribution in [3.63, 3.8) is 0 Å². The first-order valence-corrected chi connectivity index (χ1v) is 13.9. The maximum Gasteiger partial charge on any atom is 0.143 e. The summed E-state index contributed by atoms with van der Waals surface area (Å²) in [4.78, 5) is 0. The summed E-state index contributed by atoms with van der Waals surface area (Å²) in [5.74, 6) is 0. The highest BCUT2D eigenvalue weighted by molar-refractivity contribution is 6.24. The zero-order valence-electron chi connectivity index (χ0n) is 33.6. The molecule has 200 valence electrons. The van der Waals surface area contributed by atoms with Gasteiger partial charge in [-0.05, 0) is 72.7 Å². The van der Waals surface area contributed by atoms with Gasteiger partial charge in [0.05, 0.1) is 15.1 Å². The number of rotatable bonds is 3. The first-order valence-electron chi connectivity index (χ1n) is 19.4. The number of fused-ring (bicyclic) bond motifs is 6. The van der Waals surface area contributed by atoms with Crippen molar-refractivity contribution in [3.05, 3.63) is 157 Å². The Morgan fingerprint density at radius 2 is 1.07 bits per heavy atom. The lowest BCUT2D eigenvalue weighted by Crippen LogP contribution is -1.91. The van der Waals surface area contributed by atoms with Gasteiger partial charge >= 0.3 is 0 Å². The Bertz CT molecular complexity index is 3060. The smallest absolute Gasteiger partial charge is 0.143 e. The van der Waals surface area contributed by atoms with E-state index in [4.69, 9.17) is 18.1 Å². The zero-order chi connectivity index (χ0) is 37.9. The lowest BCUT2D eigenvalue weighted by Gasteiger charge is -2.18. The van der Waals surface area contributed by atoms with Crippen molar-refractivity contribution >= 4 is 54.3 Å². The normalized spacial score (nSPS) is 15.3. The standard InChI is InChI=1S/C42H26O/c1-2-12-28-25-30(24-23-27(28)11-1)29-13-9-14-31(26-29)40-33-16-3-5-18-35(33)41(36-19-6-4-17-34(36)40)38-21-10-20-37-32-15-7-8-22-39(32)43-42(37)38/h1-26H/i3D,4D,5D,6D,7D,8D,10D,15D,20D,21D,22D. The second kappa shape index (κ2) is 9.44. The van der Waals surface area contributed by atoms with E-state index in [9.17, 15) is 1.37 Å². The van der Waals surface area contributed by atoms with E-state index in [0.717, 1.165) is 27.5 Å². The quantitative estimate of drug-likeness (QED) is 0.197. The Morgan fingerprint density at radius 3 is 1.86 bits per heavy atom. The number of para-hydroxylation sites is 2. The molecule has 1 heteroatoms. The van der Waals surface area contributed by atoms with Crippen LogP contribution < -0.4 is 0 Å². The van der Waals surface area contributed by atoms with Gasteiger partial charge in [-0.25, -0.2) is 0 Å². The van der Waals surface area contributed by atoms with Gasteiger partial charge in [-0.1, -0.05) is 139 Å². The first kappa shape index (κ1) is 15.5. The van der Waals surface area contributed by atoms with Crippen molar-refractivity contribution in [2.75, 3.05) is 0 Å². The summed E-state index contributed by atoms with van der Waals surface area (Å²) in [7, 11) is 0. The van der Waals surface area contributed by atoms with Gasteiger partial charge in [0.25, 0.3) is 0 Å². The van der Waals surface area contributed by atoms with Crippen LogP contribution in [0.3, 0.4) is 0 Å². The third-order valence-corrected chi connectivity index (χ3v) is 8.11. The van der Waals surface area contributed by atoms with Crippen LogP contribution in [0.2, 0.25) is 0 Å². The SMILES string of the molecule is [2H]c1cc2c(-c3cccc(-c4ccc5ccccc5c4)c3)c3cc([2H])c([2H])cc3c(-c3c([2H])c([2H])c([2H])c4c3oc3c([2H])c([2H])c([2H])c([2H])c34)c2cc1[2H]. The Hall–Kier alpha value is -5.66. The van der Waals surface area contributed by atoms with Crippen molar-refractivity contribution in [1.82, 2.24) is 0 Å². The fourth-order valence-corrected chi connectivity index (χ4v) is 6.19. The summed E-state index contributed by atoms with van der Waals surface area (Å²) < 4.78 is 102. The number of hydrogen-bond acceptors (Lipinski definition) is 1. The molecule has 9 aromatic rings. The fourth-order valence-electron chi connectivity index (χ4n) is 6.19. The van der Waals surface area contributed by atoms with Gasteiger partial charge in [-0.15, -0.1) is 0 Å². The van der Waals surface area contributed by atoms with Gasteiger partial charge in [-0.3, -0.25) is 0 Å². The average Bonchev–Trinajstić information content (AvgIpc) is 3.57. The largest absolute Gasteiger partial charge is 0.455 e. The van der Waals surface area contributed by atoms with Gasteiger partial charge in [-0.2, -0.15) is 0 Å². The summed E-state index contributed by atoms with van der Waals surface area (Å²) in [6.07, 6.45) is 0. The molecule has 0 fully saturated rings. The van der Waals surface area contributed by atoms with Crippen LogP contribution in [0, 0.1) is 0 Å². The number of furan rings is 1. The molecule has 0 amide bonds. The number of benzene rings is 8. The summed E-state index contributed by atoms with van der Waals surface area (Å²) in [5, 5.41) is 3.81. The number of hydrogen-bond donors (Lipinski definition) is 0. The van der Waals surface area contributed by atoms with Crippen molar-refractivity contribution in [3.8, 4) is 33.4 Å². The Balaban J connectivity index is 1.45. The molecule has 0 N–H and O–H groups in total. The van der Waals surface area contributed by atoms with Crippen molar-refractivity contribution < 1.29 is 19.5 Å². The average molecular weight is 558 g/mol. The van der Waals surface area contributed by atoms with Crippen molar-refractivity contribution in [2.24, 2.45) is 0 Å². The fraction of sp³-hybridized carbons (Fsp3) is 0. The maximum atomic E-state index is 9.26. The first-order chi connectivity index (χ1) is 25.8. The minimum absolute atomic E-state index is 0.000197. The van der Waals surface area contributed by atoms with Crippen LogP contribution in [0.5, 0.6) is 0 Å². The van der Waals surface area contributed by atoms with E-state index in [2.05, 4.69) is 12.1 Å². The molecule has 43 heavy (non-hydrogen) atoms. The van der Waals surface area contributed by atoms with Gasteiger partial charge in [0.2, 0.25) is 0 Å². The zero-order valence-corrected chi connectivity index (χ0v) is 22.6. The Labute approximate surface area is 264 Å². The molecule has 0 atom stereocenters. The van der Waals surface area contributed by atoms with Gasteiger partial charge < -0.3 is 4.42 Å². The summed E-state index contributed by atoms with van der Waals surface area (Å²) >= 11 is 0. The van der Waals surface area contributed by atoms with E-state index >= 15 is 0 Å². The van der Waals surface area contributed by atoms with Crippen LogP contribution in [-0.2, 0) is 0 Å². The second-order valence-electron chi connectivity index (χ2n) is 10.5. The van der Waals surface area contributed by atoms with Crippen LogP contribution in [0.4, 0.5) is 0 Å². The predicted octanol–water partition coefficient (Wildman–Crippen LogP) is 12.0. The molecule has 0 aliphatic carbocycles. The summed E-state index contributed by atoms with van der Waals surface area (Å²) in [5.41, 5.74) is 3.18. The van der Waals surface area contributed by atoms with Crippen LogP contribution in [-0.4, -0.2) is 0 Å². The highest BCUT2D eigenvalue weighted by Gasteiger charge is 2.20. The topological polar surface area (TPSA) is 13.1 Å². The third-order valence-electron chi connectivity index (χ3n) is 8.11. The highest BCUT2D eigenvalue weighted by atomic mass is 16.3. The van der Waals surface area contributed by atoms with E-state index in [1.807, 2.05) is 54.6 Å². The minimum atomic E-state index is -0.536. The Morgan fingerprint density at radius 1 is 0.419 bits per heavy atom. The molecule has 0 saturated heterocycles. The highest BCUT2D eigenvalue weighted by Crippen LogP contribution is 2.46. The van der Waals surface area contributed by atoms with Crippen LogP contribution in [0.1, 0.15) is 15.1 Å². The molecule has 0 radical (unpaired) electrons. The van der Waals surface area contributed by atoms with E-state index in [1.165, 1.54) is 12.1 Å².